The van der Waals surface area contributed by atoms with Crippen molar-refractivity contribution in [2.75, 3.05) is 6.54 Å². The first-order valence-electron chi connectivity index (χ1n) is 7.31. The Morgan fingerprint density at radius 3 is 2.10 bits per heavy atom. The SMILES string of the molecule is CCCN=Cc1ccc(B2OC(C)(C)C(C)(C)O2)cc1. The summed E-state index contributed by atoms with van der Waals surface area (Å²) in [4.78, 5) is 4.35. The smallest absolute Gasteiger partial charge is 0.399 e. The van der Waals surface area contributed by atoms with Gasteiger partial charge in [0.25, 0.3) is 0 Å². The van der Waals surface area contributed by atoms with E-state index in [9.17, 15) is 0 Å². The molecule has 1 heterocycles. The highest BCUT2D eigenvalue weighted by molar-refractivity contribution is 6.62. The number of hydrogen-bond acceptors (Lipinski definition) is 3. The topological polar surface area (TPSA) is 30.8 Å². The Kier molecular flexibility index (Phi) is 4.35. The predicted octanol–water partition coefficient (Wildman–Crippen LogP) is 2.81. The second-order valence-electron chi connectivity index (χ2n) is 6.29. The zero-order chi connectivity index (χ0) is 14.8. The van der Waals surface area contributed by atoms with Crippen molar-refractivity contribution < 1.29 is 9.31 Å². The van der Waals surface area contributed by atoms with Crippen LogP contribution in [0.4, 0.5) is 0 Å². The van der Waals surface area contributed by atoms with E-state index in [0.717, 1.165) is 24.0 Å². The number of hydrogen-bond donors (Lipinski definition) is 0. The molecule has 4 heteroatoms. The number of benzene rings is 1. The Morgan fingerprint density at radius 2 is 1.60 bits per heavy atom. The van der Waals surface area contributed by atoms with Crippen LogP contribution in [-0.4, -0.2) is 31.1 Å². The van der Waals surface area contributed by atoms with Crippen molar-refractivity contribution in [2.45, 2.75) is 52.2 Å². The normalized spacial score (nSPS) is 20.8. The summed E-state index contributed by atoms with van der Waals surface area (Å²) < 4.78 is 12.1. The highest BCUT2D eigenvalue weighted by atomic mass is 16.7. The van der Waals surface area contributed by atoms with Gasteiger partial charge in [0, 0.05) is 12.8 Å². The summed E-state index contributed by atoms with van der Waals surface area (Å²) >= 11 is 0. The van der Waals surface area contributed by atoms with Crippen molar-refractivity contribution in [3.8, 4) is 0 Å². The fourth-order valence-corrected chi connectivity index (χ4v) is 2.02. The van der Waals surface area contributed by atoms with Crippen LogP contribution in [0.1, 0.15) is 46.6 Å². The summed E-state index contributed by atoms with van der Waals surface area (Å²) in [5.41, 5.74) is 1.58. The van der Waals surface area contributed by atoms with E-state index in [4.69, 9.17) is 9.31 Å². The van der Waals surface area contributed by atoms with Gasteiger partial charge in [0.1, 0.15) is 0 Å². The first kappa shape index (κ1) is 15.3. The fourth-order valence-electron chi connectivity index (χ4n) is 2.02. The molecule has 1 aromatic rings. The maximum Gasteiger partial charge on any atom is 0.494 e. The van der Waals surface area contributed by atoms with Gasteiger partial charge in [-0.25, -0.2) is 0 Å². The average molecular weight is 273 g/mol. The molecule has 0 radical (unpaired) electrons. The standard InChI is InChI=1S/C16H24BNO2/c1-6-11-18-12-13-7-9-14(10-8-13)17-19-15(2,3)16(4,5)20-17/h7-10,12H,6,11H2,1-5H3. The van der Waals surface area contributed by atoms with Crippen LogP contribution in [0.3, 0.4) is 0 Å². The molecule has 0 aromatic heterocycles. The van der Waals surface area contributed by atoms with Gasteiger partial charge in [-0.2, -0.15) is 0 Å². The van der Waals surface area contributed by atoms with Crippen LogP contribution in [0.25, 0.3) is 0 Å². The molecule has 3 nitrogen and oxygen atoms in total. The Morgan fingerprint density at radius 1 is 1.05 bits per heavy atom. The molecule has 0 amide bonds. The van der Waals surface area contributed by atoms with Gasteiger partial charge in [-0.05, 0) is 45.1 Å². The van der Waals surface area contributed by atoms with Crippen LogP contribution in [0, 0.1) is 0 Å². The van der Waals surface area contributed by atoms with Gasteiger partial charge in [0.2, 0.25) is 0 Å². The summed E-state index contributed by atoms with van der Waals surface area (Å²) in [6, 6.07) is 8.21. The summed E-state index contributed by atoms with van der Waals surface area (Å²) in [5, 5.41) is 0. The van der Waals surface area contributed by atoms with Crippen LogP contribution >= 0.6 is 0 Å². The van der Waals surface area contributed by atoms with Crippen molar-refractivity contribution >= 4 is 18.8 Å². The zero-order valence-corrected chi connectivity index (χ0v) is 13.1. The lowest BCUT2D eigenvalue weighted by atomic mass is 9.79. The van der Waals surface area contributed by atoms with E-state index in [1.807, 2.05) is 6.21 Å². The Labute approximate surface area is 122 Å². The van der Waals surface area contributed by atoms with E-state index in [0.29, 0.717) is 0 Å². The molecule has 0 saturated carbocycles. The molecule has 20 heavy (non-hydrogen) atoms. The van der Waals surface area contributed by atoms with Gasteiger partial charge in [0.05, 0.1) is 11.2 Å². The number of rotatable bonds is 4. The summed E-state index contributed by atoms with van der Waals surface area (Å²) in [7, 11) is -0.290. The Hall–Kier alpha value is -1.13. The van der Waals surface area contributed by atoms with Gasteiger partial charge < -0.3 is 9.31 Å². The molecule has 1 fully saturated rings. The first-order chi connectivity index (χ1) is 9.36. The number of aliphatic imine (C=N–C) groups is 1. The van der Waals surface area contributed by atoms with Crippen molar-refractivity contribution in [3.63, 3.8) is 0 Å². The van der Waals surface area contributed by atoms with Crippen LogP contribution in [0.15, 0.2) is 29.3 Å². The third kappa shape index (κ3) is 3.13. The maximum absolute atomic E-state index is 6.03. The third-order valence-electron chi connectivity index (χ3n) is 4.05. The summed E-state index contributed by atoms with van der Waals surface area (Å²) in [6.45, 7) is 11.3. The molecule has 0 aliphatic carbocycles. The van der Waals surface area contributed by atoms with Gasteiger partial charge >= 0.3 is 7.12 Å². The Balaban J connectivity index is 2.08. The van der Waals surface area contributed by atoms with Gasteiger partial charge in [-0.3, -0.25) is 4.99 Å². The molecular formula is C16H24BNO2. The highest BCUT2D eigenvalue weighted by Crippen LogP contribution is 2.36. The minimum atomic E-state index is -0.293. The van der Waals surface area contributed by atoms with Crippen molar-refractivity contribution in [1.82, 2.24) is 0 Å². The van der Waals surface area contributed by atoms with E-state index in [1.165, 1.54) is 0 Å². The fraction of sp³-hybridized carbons (Fsp3) is 0.562. The minimum Gasteiger partial charge on any atom is -0.399 e. The van der Waals surface area contributed by atoms with E-state index in [1.54, 1.807) is 0 Å². The van der Waals surface area contributed by atoms with Crippen LogP contribution < -0.4 is 5.46 Å². The molecule has 1 aromatic carbocycles. The Bertz CT molecular complexity index is 464. The van der Waals surface area contributed by atoms with Crippen molar-refractivity contribution in [2.24, 2.45) is 4.99 Å². The maximum atomic E-state index is 6.03. The van der Waals surface area contributed by atoms with E-state index in [2.05, 4.69) is 63.9 Å². The molecule has 0 N–H and O–H groups in total. The molecule has 0 spiro atoms. The van der Waals surface area contributed by atoms with E-state index in [-0.39, 0.29) is 18.3 Å². The quantitative estimate of drug-likeness (QED) is 0.624. The van der Waals surface area contributed by atoms with Gasteiger partial charge in [-0.15, -0.1) is 0 Å². The van der Waals surface area contributed by atoms with Crippen LogP contribution in [-0.2, 0) is 9.31 Å². The lowest BCUT2D eigenvalue weighted by Gasteiger charge is -2.32. The molecule has 2 rings (SSSR count). The van der Waals surface area contributed by atoms with Crippen molar-refractivity contribution in [1.29, 1.82) is 0 Å². The molecule has 1 aliphatic rings. The van der Waals surface area contributed by atoms with Crippen molar-refractivity contribution in [3.05, 3.63) is 29.8 Å². The van der Waals surface area contributed by atoms with E-state index < -0.39 is 0 Å². The van der Waals surface area contributed by atoms with Crippen LogP contribution in [0.5, 0.6) is 0 Å². The largest absolute Gasteiger partial charge is 0.494 e. The predicted molar refractivity (Wildman–Crippen MR) is 84.9 cm³/mol. The van der Waals surface area contributed by atoms with Gasteiger partial charge in [-0.1, -0.05) is 31.2 Å². The minimum absolute atomic E-state index is 0.290. The summed E-state index contributed by atoms with van der Waals surface area (Å²) in [6.07, 6.45) is 2.99. The molecule has 108 valence electrons. The van der Waals surface area contributed by atoms with Crippen LogP contribution in [0.2, 0.25) is 0 Å². The molecule has 1 aliphatic heterocycles. The molecule has 0 bridgehead atoms. The number of nitrogens with zero attached hydrogens (tertiary/aromatic N) is 1. The molecule has 1 saturated heterocycles. The molecular weight excluding hydrogens is 249 g/mol. The monoisotopic (exact) mass is 273 g/mol. The third-order valence-corrected chi connectivity index (χ3v) is 4.05. The first-order valence-corrected chi connectivity index (χ1v) is 7.31. The molecule has 0 atom stereocenters. The highest BCUT2D eigenvalue weighted by Gasteiger charge is 2.51. The second-order valence-corrected chi connectivity index (χ2v) is 6.29. The summed E-state index contributed by atoms with van der Waals surface area (Å²) in [5.74, 6) is 0. The lowest BCUT2D eigenvalue weighted by molar-refractivity contribution is 0.00578. The van der Waals surface area contributed by atoms with E-state index >= 15 is 0 Å². The van der Waals surface area contributed by atoms with Gasteiger partial charge in [0.15, 0.2) is 0 Å². The zero-order valence-electron chi connectivity index (χ0n) is 13.1. The average Bonchev–Trinajstić information content (AvgIpc) is 2.60. The second kappa shape index (κ2) is 5.70. The molecule has 0 unspecified atom stereocenters. The lowest BCUT2D eigenvalue weighted by Crippen LogP contribution is -2.41.